The Morgan fingerprint density at radius 1 is 1.23 bits per heavy atom. The summed E-state index contributed by atoms with van der Waals surface area (Å²) in [5, 5.41) is 6.39. The van der Waals surface area contributed by atoms with Gasteiger partial charge in [-0.2, -0.15) is 4.98 Å². The highest BCUT2D eigenvalue weighted by Gasteiger charge is 2.25. The van der Waals surface area contributed by atoms with E-state index in [0.29, 0.717) is 36.3 Å². The number of aromatic nitrogens is 4. The van der Waals surface area contributed by atoms with Crippen molar-refractivity contribution in [3.05, 3.63) is 54.8 Å². The number of hydrogen-bond acceptors (Lipinski definition) is 6. The van der Waals surface area contributed by atoms with Gasteiger partial charge in [-0.15, -0.1) is 0 Å². The van der Waals surface area contributed by atoms with Crippen LogP contribution < -0.4 is 10.6 Å². The fourth-order valence-electron chi connectivity index (χ4n) is 4.35. The molecule has 1 saturated heterocycles. The quantitative estimate of drug-likeness (QED) is 0.378. The van der Waals surface area contributed by atoms with E-state index in [-0.39, 0.29) is 17.9 Å². The number of halogens is 1. The van der Waals surface area contributed by atoms with Crippen molar-refractivity contribution < 1.29 is 13.6 Å². The number of imidazole rings is 1. The number of unbranched alkanes of at least 4 members (excludes halogenated alkanes) is 1. The Morgan fingerprint density at radius 3 is 2.91 bits per heavy atom. The monoisotopic (exact) mass is 477 g/mol. The Bertz CT molecular complexity index is 1300. The third kappa shape index (κ3) is 4.96. The summed E-state index contributed by atoms with van der Waals surface area (Å²) in [6.07, 6.45) is 8.87. The van der Waals surface area contributed by atoms with Crippen LogP contribution in [0.25, 0.3) is 28.5 Å². The molecule has 1 aliphatic heterocycles. The predicted molar refractivity (Wildman–Crippen MR) is 130 cm³/mol. The number of nitrogens with one attached hydrogen (secondary N) is 2. The maximum atomic E-state index is 13.5. The van der Waals surface area contributed by atoms with Gasteiger partial charge in [0.05, 0.1) is 5.69 Å². The summed E-state index contributed by atoms with van der Waals surface area (Å²) >= 11 is 0. The molecular formula is C25H28FN7O2. The first-order valence-electron chi connectivity index (χ1n) is 12.0. The van der Waals surface area contributed by atoms with E-state index >= 15 is 0 Å². The molecule has 1 aromatic carbocycles. The van der Waals surface area contributed by atoms with Crippen LogP contribution >= 0.6 is 0 Å². The van der Waals surface area contributed by atoms with Gasteiger partial charge in [0, 0.05) is 43.6 Å². The number of carbonyl (C=O) groups excluding carboxylic acids is 1. The molecule has 1 atom stereocenters. The summed E-state index contributed by atoms with van der Waals surface area (Å²) in [5.41, 5.74) is 2.78. The van der Waals surface area contributed by atoms with Crippen LogP contribution in [0.5, 0.6) is 0 Å². The number of fused-ring (bicyclic) bond motifs is 1. The standard InChI is InChI=1S/C25H28FN7O2/c1-2-3-11-28-24(34)32-13-4-5-19(16-32)29-23-27-12-10-20(30-23)22-21(17-6-8-18(26)9-7-17)31-25-33(22)14-15-35-25/h6-10,12,14-15,19H,2-5,11,13,16H2,1H3,(H,28,34)(H,27,29,30)/t19-/m1/s1. The van der Waals surface area contributed by atoms with E-state index in [2.05, 4.69) is 27.5 Å². The molecule has 0 aliphatic carbocycles. The smallest absolute Gasteiger partial charge is 0.317 e. The number of anilines is 1. The molecule has 9 nitrogen and oxygen atoms in total. The Morgan fingerprint density at radius 2 is 2.09 bits per heavy atom. The summed E-state index contributed by atoms with van der Waals surface area (Å²) in [4.78, 5) is 28.1. The topological polar surface area (TPSA) is 101 Å². The second-order valence-corrected chi connectivity index (χ2v) is 8.65. The molecule has 0 bridgehead atoms. The van der Waals surface area contributed by atoms with E-state index in [1.54, 1.807) is 30.8 Å². The van der Waals surface area contributed by atoms with Crippen LogP contribution in [0.15, 0.2) is 53.4 Å². The van der Waals surface area contributed by atoms with Gasteiger partial charge in [-0.1, -0.05) is 13.3 Å². The van der Waals surface area contributed by atoms with Crippen molar-refractivity contribution in [2.45, 2.75) is 38.6 Å². The summed E-state index contributed by atoms with van der Waals surface area (Å²) in [6, 6.07) is 8.01. The van der Waals surface area contributed by atoms with Crippen molar-refractivity contribution in [1.29, 1.82) is 0 Å². The molecule has 0 saturated carbocycles. The Kier molecular flexibility index (Phi) is 6.60. The lowest BCUT2D eigenvalue weighted by molar-refractivity contribution is 0.182. The number of carbonyl (C=O) groups is 1. The number of urea groups is 1. The number of benzene rings is 1. The van der Waals surface area contributed by atoms with Gasteiger partial charge in [-0.3, -0.25) is 4.40 Å². The van der Waals surface area contributed by atoms with Crippen molar-refractivity contribution >= 4 is 17.8 Å². The van der Waals surface area contributed by atoms with Crippen LogP contribution in [0.4, 0.5) is 15.1 Å². The lowest BCUT2D eigenvalue weighted by atomic mass is 10.1. The lowest BCUT2D eigenvalue weighted by Crippen LogP contribution is -2.49. The highest BCUT2D eigenvalue weighted by molar-refractivity contribution is 5.79. The van der Waals surface area contributed by atoms with E-state index < -0.39 is 0 Å². The molecule has 1 aliphatic rings. The minimum absolute atomic E-state index is 0.0230. The molecule has 10 heteroatoms. The van der Waals surface area contributed by atoms with Gasteiger partial charge in [-0.05, 0) is 49.6 Å². The molecule has 5 rings (SSSR count). The SMILES string of the molecule is CCCCNC(=O)N1CCC[C@@H](Nc2nccc(-c3c(-c4ccc(F)cc4)nc4occn34)n2)C1. The van der Waals surface area contributed by atoms with Crippen molar-refractivity contribution in [1.82, 2.24) is 29.6 Å². The zero-order valence-electron chi connectivity index (χ0n) is 19.6. The number of nitrogens with zero attached hydrogens (tertiary/aromatic N) is 5. The number of oxazole rings is 1. The van der Waals surface area contributed by atoms with Gasteiger partial charge in [0.15, 0.2) is 0 Å². The molecular weight excluding hydrogens is 449 g/mol. The normalized spacial score (nSPS) is 15.9. The zero-order valence-corrected chi connectivity index (χ0v) is 19.6. The number of rotatable bonds is 7. The summed E-state index contributed by atoms with van der Waals surface area (Å²) in [6.45, 7) is 4.13. The molecule has 4 aromatic rings. The van der Waals surface area contributed by atoms with Gasteiger partial charge >= 0.3 is 11.9 Å². The maximum Gasteiger partial charge on any atom is 0.317 e. The molecule has 0 radical (unpaired) electrons. The van der Waals surface area contributed by atoms with E-state index in [4.69, 9.17) is 9.40 Å². The molecule has 0 spiro atoms. The molecule has 2 N–H and O–H groups in total. The van der Waals surface area contributed by atoms with Gasteiger partial charge in [0.1, 0.15) is 23.5 Å². The lowest BCUT2D eigenvalue weighted by Gasteiger charge is -2.33. The fourth-order valence-corrected chi connectivity index (χ4v) is 4.35. The Labute approximate surface area is 202 Å². The van der Waals surface area contributed by atoms with Crippen molar-refractivity contribution in [2.24, 2.45) is 0 Å². The molecule has 4 heterocycles. The average molecular weight is 478 g/mol. The van der Waals surface area contributed by atoms with E-state index in [1.165, 1.54) is 12.1 Å². The first kappa shape index (κ1) is 22.8. The molecule has 3 aromatic heterocycles. The molecule has 182 valence electrons. The minimum Gasteiger partial charge on any atom is -0.432 e. The summed E-state index contributed by atoms with van der Waals surface area (Å²) in [7, 11) is 0. The van der Waals surface area contributed by atoms with E-state index in [9.17, 15) is 9.18 Å². The van der Waals surface area contributed by atoms with Gasteiger partial charge in [0.25, 0.3) is 0 Å². The van der Waals surface area contributed by atoms with Crippen LogP contribution in [0.2, 0.25) is 0 Å². The second-order valence-electron chi connectivity index (χ2n) is 8.65. The average Bonchev–Trinajstić information content (AvgIpc) is 3.46. The first-order valence-corrected chi connectivity index (χ1v) is 12.0. The van der Waals surface area contributed by atoms with E-state index in [1.807, 2.05) is 15.4 Å². The van der Waals surface area contributed by atoms with Crippen LogP contribution in [0.3, 0.4) is 0 Å². The second kappa shape index (κ2) is 10.1. The van der Waals surface area contributed by atoms with Crippen LogP contribution in [-0.2, 0) is 0 Å². The van der Waals surface area contributed by atoms with Gasteiger partial charge < -0.3 is 20.0 Å². The Balaban J connectivity index is 1.37. The van der Waals surface area contributed by atoms with Gasteiger partial charge in [0.2, 0.25) is 5.95 Å². The van der Waals surface area contributed by atoms with Crippen LogP contribution in [0.1, 0.15) is 32.6 Å². The predicted octanol–water partition coefficient (Wildman–Crippen LogP) is 4.58. The molecule has 2 amide bonds. The maximum absolute atomic E-state index is 13.5. The number of amides is 2. The van der Waals surface area contributed by atoms with Crippen molar-refractivity contribution in [3.63, 3.8) is 0 Å². The van der Waals surface area contributed by atoms with E-state index in [0.717, 1.165) is 43.5 Å². The molecule has 35 heavy (non-hydrogen) atoms. The number of hydrogen-bond donors (Lipinski definition) is 2. The van der Waals surface area contributed by atoms with Crippen molar-refractivity contribution in [3.8, 4) is 22.6 Å². The first-order chi connectivity index (χ1) is 17.1. The fraction of sp³-hybridized carbons (Fsp3) is 0.360. The largest absolute Gasteiger partial charge is 0.432 e. The Hall–Kier alpha value is -3.95. The van der Waals surface area contributed by atoms with Gasteiger partial charge in [-0.25, -0.2) is 19.2 Å². The minimum atomic E-state index is -0.313. The number of piperidine rings is 1. The third-order valence-electron chi connectivity index (χ3n) is 6.13. The van der Waals surface area contributed by atoms with Crippen molar-refractivity contribution in [2.75, 3.05) is 25.0 Å². The zero-order chi connectivity index (χ0) is 24.2. The summed E-state index contributed by atoms with van der Waals surface area (Å²) in [5.74, 6) is 0.584. The van der Waals surface area contributed by atoms with Crippen LogP contribution in [-0.4, -0.2) is 56.0 Å². The van der Waals surface area contributed by atoms with Crippen LogP contribution in [0, 0.1) is 5.82 Å². The highest BCUT2D eigenvalue weighted by Crippen LogP contribution is 2.32. The summed E-state index contributed by atoms with van der Waals surface area (Å²) < 4.78 is 20.8. The third-order valence-corrected chi connectivity index (χ3v) is 6.13. The molecule has 0 unspecified atom stereocenters. The highest BCUT2D eigenvalue weighted by atomic mass is 19.1. The molecule has 1 fully saturated rings. The number of likely N-dealkylation sites (tertiary alicyclic amines) is 1.